The maximum atomic E-state index is 12.1. The molecule has 0 bridgehead atoms. The number of benzene rings is 1. The zero-order chi connectivity index (χ0) is 24.9. The largest absolute Gasteiger partial charge is 0.483 e. The van der Waals surface area contributed by atoms with Crippen LogP contribution in [0, 0.1) is 0 Å². The number of carbonyl (C=O) groups is 1. The normalized spacial score (nSPS) is 27.6. The van der Waals surface area contributed by atoms with Crippen LogP contribution in [0.3, 0.4) is 0 Å². The third kappa shape index (κ3) is 5.73. The van der Waals surface area contributed by atoms with E-state index in [4.69, 9.17) is 23.4 Å². The lowest BCUT2D eigenvalue weighted by Crippen LogP contribution is -2.60. The summed E-state index contributed by atoms with van der Waals surface area (Å²) in [6.07, 6.45) is -0.460. The van der Waals surface area contributed by atoms with E-state index in [1.807, 2.05) is 6.07 Å². The number of aryl methyl sites for hydroxylation is 1. The fourth-order valence-corrected chi connectivity index (χ4v) is 4.64. The van der Waals surface area contributed by atoms with Gasteiger partial charge in [-0.2, -0.15) is 0 Å². The quantitative estimate of drug-likeness (QED) is 0.380. The van der Waals surface area contributed by atoms with E-state index >= 15 is 0 Å². The SMILES string of the molecule is CCOC(=O)CCc1cc2ccoc2c(OC2CCCCC2)c1O[C@H]1O[C@H](CO)[C@@H](O)[C@H](O)[C@H]1O. The molecule has 1 saturated carbocycles. The summed E-state index contributed by atoms with van der Waals surface area (Å²) in [7, 11) is 0. The predicted octanol–water partition coefficient (Wildman–Crippen LogP) is 1.82. The summed E-state index contributed by atoms with van der Waals surface area (Å²) in [6.45, 7) is 1.42. The van der Waals surface area contributed by atoms with Crippen molar-refractivity contribution in [1.82, 2.24) is 0 Å². The van der Waals surface area contributed by atoms with E-state index in [-0.39, 0.29) is 37.3 Å². The minimum absolute atomic E-state index is 0.0606. The Hall–Kier alpha value is -2.37. The summed E-state index contributed by atoms with van der Waals surface area (Å²) in [5, 5.41) is 41.3. The highest BCUT2D eigenvalue weighted by Gasteiger charge is 2.45. The number of aliphatic hydroxyl groups excluding tert-OH is 4. The maximum Gasteiger partial charge on any atom is 0.306 e. The molecule has 1 aromatic carbocycles. The number of rotatable bonds is 9. The van der Waals surface area contributed by atoms with Gasteiger partial charge in [0.25, 0.3) is 0 Å². The molecule has 10 heteroatoms. The number of hydrogen-bond donors (Lipinski definition) is 4. The van der Waals surface area contributed by atoms with Gasteiger partial charge in [-0.3, -0.25) is 4.79 Å². The summed E-state index contributed by atoms with van der Waals surface area (Å²) in [5.74, 6) is 0.176. The molecule has 35 heavy (non-hydrogen) atoms. The minimum Gasteiger partial charge on any atom is -0.483 e. The molecule has 2 aliphatic rings. The average molecular weight is 495 g/mol. The molecule has 2 aromatic rings. The third-order valence-corrected chi connectivity index (χ3v) is 6.55. The lowest BCUT2D eigenvalue weighted by Gasteiger charge is -2.40. The van der Waals surface area contributed by atoms with Crippen molar-refractivity contribution in [1.29, 1.82) is 0 Å². The van der Waals surface area contributed by atoms with Crippen LogP contribution in [0.25, 0.3) is 11.0 Å². The number of hydrogen-bond acceptors (Lipinski definition) is 10. The Morgan fingerprint density at radius 1 is 1.06 bits per heavy atom. The van der Waals surface area contributed by atoms with Crippen LogP contribution in [0.2, 0.25) is 0 Å². The summed E-state index contributed by atoms with van der Waals surface area (Å²) < 4.78 is 28.9. The number of fused-ring (bicyclic) bond motifs is 1. The van der Waals surface area contributed by atoms with Crippen molar-refractivity contribution in [3.05, 3.63) is 24.0 Å². The first-order valence-corrected chi connectivity index (χ1v) is 12.3. The first-order valence-electron chi connectivity index (χ1n) is 12.3. The van der Waals surface area contributed by atoms with Gasteiger partial charge >= 0.3 is 5.97 Å². The highest BCUT2D eigenvalue weighted by atomic mass is 16.7. The molecule has 194 valence electrons. The Bertz CT molecular complexity index is 980. The van der Waals surface area contributed by atoms with E-state index in [2.05, 4.69) is 0 Å². The molecule has 0 spiro atoms. The summed E-state index contributed by atoms with van der Waals surface area (Å²) >= 11 is 0. The van der Waals surface area contributed by atoms with Gasteiger partial charge in [0, 0.05) is 11.8 Å². The molecule has 1 saturated heterocycles. The Kier molecular flexibility index (Phi) is 8.51. The van der Waals surface area contributed by atoms with Gasteiger partial charge in [0.2, 0.25) is 12.0 Å². The van der Waals surface area contributed by atoms with Crippen molar-refractivity contribution in [3.8, 4) is 11.5 Å². The van der Waals surface area contributed by atoms with Gasteiger partial charge in [-0.05, 0) is 56.7 Å². The summed E-state index contributed by atoms with van der Waals surface area (Å²) in [5.41, 5.74) is 1.06. The van der Waals surface area contributed by atoms with Crippen molar-refractivity contribution in [2.45, 2.75) is 88.7 Å². The minimum atomic E-state index is -1.60. The molecule has 2 fully saturated rings. The number of furan rings is 1. The third-order valence-electron chi connectivity index (χ3n) is 6.55. The Balaban J connectivity index is 1.71. The van der Waals surface area contributed by atoms with Gasteiger partial charge in [0.05, 0.1) is 25.6 Å². The number of ether oxygens (including phenoxy) is 4. The van der Waals surface area contributed by atoms with E-state index in [9.17, 15) is 25.2 Å². The van der Waals surface area contributed by atoms with Gasteiger partial charge in [0.1, 0.15) is 24.4 Å². The summed E-state index contributed by atoms with van der Waals surface area (Å²) in [6, 6.07) is 3.60. The standard InChI is InChI=1S/C25H34O10/c1-2-31-18(27)9-8-14-12-15-10-11-32-22(15)24(33-16-6-4-3-5-7-16)23(14)35-25-21(30)20(29)19(28)17(13-26)34-25/h10-12,16-17,19-21,25-26,28-30H,2-9,13H2,1H3/t17-,19-,20+,21-,25-/m1/s1. The molecule has 0 amide bonds. The molecular formula is C25H34O10. The van der Waals surface area contributed by atoms with Crippen molar-refractivity contribution in [3.63, 3.8) is 0 Å². The molecule has 0 radical (unpaired) electrons. The van der Waals surface area contributed by atoms with Crippen LogP contribution in [-0.4, -0.2) is 76.4 Å². The average Bonchev–Trinajstić information content (AvgIpc) is 3.33. The van der Waals surface area contributed by atoms with E-state index in [0.717, 1.165) is 37.5 Å². The molecule has 1 aromatic heterocycles. The van der Waals surface area contributed by atoms with Crippen molar-refractivity contribution < 1.29 is 48.6 Å². The molecule has 0 unspecified atom stereocenters. The Morgan fingerprint density at radius 2 is 1.83 bits per heavy atom. The molecular weight excluding hydrogens is 460 g/mol. The maximum absolute atomic E-state index is 12.1. The van der Waals surface area contributed by atoms with E-state index in [1.165, 1.54) is 6.26 Å². The van der Waals surface area contributed by atoms with E-state index in [0.29, 0.717) is 16.9 Å². The predicted molar refractivity (Wildman–Crippen MR) is 123 cm³/mol. The Labute approximate surface area is 203 Å². The topological polar surface area (TPSA) is 148 Å². The lowest BCUT2D eigenvalue weighted by atomic mass is 9.97. The number of carbonyl (C=O) groups excluding carboxylic acids is 1. The second-order valence-electron chi connectivity index (χ2n) is 9.03. The summed E-state index contributed by atoms with van der Waals surface area (Å²) in [4.78, 5) is 12.1. The smallest absolute Gasteiger partial charge is 0.306 e. The second kappa shape index (κ2) is 11.6. The highest BCUT2D eigenvalue weighted by molar-refractivity contribution is 5.87. The Morgan fingerprint density at radius 3 is 2.54 bits per heavy atom. The molecule has 2 heterocycles. The zero-order valence-electron chi connectivity index (χ0n) is 19.8. The molecule has 1 aliphatic heterocycles. The van der Waals surface area contributed by atoms with Crippen molar-refractivity contribution >= 4 is 16.9 Å². The first kappa shape index (κ1) is 25.7. The van der Waals surface area contributed by atoms with Crippen LogP contribution in [-0.2, 0) is 20.7 Å². The van der Waals surface area contributed by atoms with Crippen LogP contribution in [0.15, 0.2) is 22.8 Å². The molecule has 1 aliphatic carbocycles. The lowest BCUT2D eigenvalue weighted by molar-refractivity contribution is -0.277. The fourth-order valence-electron chi connectivity index (χ4n) is 4.64. The van der Waals surface area contributed by atoms with Gasteiger partial charge < -0.3 is 43.8 Å². The molecule has 10 nitrogen and oxygen atoms in total. The number of esters is 1. The van der Waals surface area contributed by atoms with Crippen LogP contribution in [0.5, 0.6) is 11.5 Å². The van der Waals surface area contributed by atoms with E-state index < -0.39 is 37.3 Å². The fraction of sp³-hybridized carbons (Fsp3) is 0.640. The van der Waals surface area contributed by atoms with Gasteiger partial charge in [-0.1, -0.05) is 6.42 Å². The van der Waals surface area contributed by atoms with Crippen LogP contribution >= 0.6 is 0 Å². The van der Waals surface area contributed by atoms with E-state index in [1.54, 1.807) is 13.0 Å². The van der Waals surface area contributed by atoms with Crippen LogP contribution < -0.4 is 9.47 Å². The monoisotopic (exact) mass is 494 g/mol. The molecule has 4 rings (SSSR count). The second-order valence-corrected chi connectivity index (χ2v) is 9.03. The van der Waals surface area contributed by atoms with Crippen molar-refractivity contribution in [2.24, 2.45) is 0 Å². The number of aliphatic hydroxyl groups is 4. The highest BCUT2D eigenvalue weighted by Crippen LogP contribution is 2.43. The van der Waals surface area contributed by atoms with Crippen LogP contribution in [0.1, 0.15) is 51.0 Å². The van der Waals surface area contributed by atoms with Gasteiger partial charge in [0.15, 0.2) is 11.3 Å². The molecule has 4 N–H and O–H groups in total. The molecule has 5 atom stereocenters. The van der Waals surface area contributed by atoms with Gasteiger partial charge in [-0.25, -0.2) is 0 Å². The first-order chi connectivity index (χ1) is 16.9. The van der Waals surface area contributed by atoms with Gasteiger partial charge in [-0.15, -0.1) is 0 Å². The van der Waals surface area contributed by atoms with Crippen molar-refractivity contribution in [2.75, 3.05) is 13.2 Å². The zero-order valence-corrected chi connectivity index (χ0v) is 19.8. The van der Waals surface area contributed by atoms with Crippen LogP contribution in [0.4, 0.5) is 0 Å².